The second kappa shape index (κ2) is 6.87. The predicted molar refractivity (Wildman–Crippen MR) is 95.6 cm³/mol. The second-order valence-electron chi connectivity index (χ2n) is 7.33. The van der Waals surface area contributed by atoms with E-state index in [0.717, 1.165) is 50.3 Å². The van der Waals surface area contributed by atoms with E-state index in [2.05, 4.69) is 18.2 Å². The Labute approximate surface area is 145 Å². The maximum absolute atomic E-state index is 12.9. The fraction of sp³-hybridized carbons (Fsp3) is 0.632. The van der Waals surface area contributed by atoms with Gasteiger partial charge in [-0.3, -0.25) is 4.79 Å². The van der Waals surface area contributed by atoms with Gasteiger partial charge < -0.3 is 4.90 Å². The third-order valence-corrected chi connectivity index (χ3v) is 7.04. The Morgan fingerprint density at radius 2 is 1.83 bits per heavy atom. The molecule has 0 radical (unpaired) electrons. The van der Waals surface area contributed by atoms with E-state index < -0.39 is 15.1 Å². The summed E-state index contributed by atoms with van der Waals surface area (Å²) in [5.74, 6) is -0.245. The predicted octanol–water partition coefficient (Wildman–Crippen LogP) is 2.88. The molecule has 24 heavy (non-hydrogen) atoms. The molecule has 2 aliphatic carbocycles. The van der Waals surface area contributed by atoms with Crippen LogP contribution in [0.15, 0.2) is 18.2 Å². The first-order chi connectivity index (χ1) is 11.4. The van der Waals surface area contributed by atoms with Gasteiger partial charge in [0.1, 0.15) is 5.25 Å². The van der Waals surface area contributed by atoms with Crippen LogP contribution in [0.4, 0.5) is 0 Å². The van der Waals surface area contributed by atoms with Crippen molar-refractivity contribution < 1.29 is 13.2 Å². The Kier molecular flexibility index (Phi) is 5.00. The van der Waals surface area contributed by atoms with Crippen molar-refractivity contribution in [2.75, 3.05) is 6.26 Å². The largest absolute Gasteiger partial charge is 0.334 e. The molecule has 0 bridgehead atoms. The smallest absolute Gasteiger partial charge is 0.241 e. The van der Waals surface area contributed by atoms with Gasteiger partial charge in [0.05, 0.1) is 0 Å². The molecule has 132 valence electrons. The van der Waals surface area contributed by atoms with Crippen molar-refractivity contribution in [1.82, 2.24) is 4.90 Å². The summed E-state index contributed by atoms with van der Waals surface area (Å²) in [5.41, 5.74) is 3.93. The molecular weight excluding hydrogens is 322 g/mol. The van der Waals surface area contributed by atoms with Crippen molar-refractivity contribution in [3.63, 3.8) is 0 Å². The van der Waals surface area contributed by atoms with Gasteiger partial charge in [-0.05, 0) is 55.7 Å². The highest BCUT2D eigenvalue weighted by molar-refractivity contribution is 7.92. The summed E-state index contributed by atoms with van der Waals surface area (Å²) in [6.07, 6.45) is 8.80. The van der Waals surface area contributed by atoms with Gasteiger partial charge in [-0.2, -0.15) is 0 Å². The number of hydrogen-bond donors (Lipinski definition) is 0. The lowest BCUT2D eigenvalue weighted by Crippen LogP contribution is -2.45. The van der Waals surface area contributed by atoms with Crippen LogP contribution in [0.3, 0.4) is 0 Å². The Balaban J connectivity index is 1.83. The van der Waals surface area contributed by atoms with Crippen LogP contribution in [0.25, 0.3) is 0 Å². The number of sulfone groups is 1. The van der Waals surface area contributed by atoms with Gasteiger partial charge in [-0.25, -0.2) is 8.42 Å². The average Bonchev–Trinajstić information content (AvgIpc) is 3.20. The number of carbonyl (C=O) groups excluding carboxylic acids is 1. The van der Waals surface area contributed by atoms with Crippen molar-refractivity contribution in [1.29, 1.82) is 0 Å². The van der Waals surface area contributed by atoms with Crippen LogP contribution in [0.2, 0.25) is 0 Å². The highest BCUT2D eigenvalue weighted by Gasteiger charge is 2.33. The zero-order valence-electron chi connectivity index (χ0n) is 14.6. The number of rotatable bonds is 5. The molecule has 0 aliphatic heterocycles. The van der Waals surface area contributed by atoms with Crippen LogP contribution < -0.4 is 0 Å². The summed E-state index contributed by atoms with van der Waals surface area (Å²) in [6, 6.07) is 6.66. The van der Waals surface area contributed by atoms with Crippen LogP contribution in [0, 0.1) is 0 Å². The topological polar surface area (TPSA) is 54.5 Å². The number of aryl methyl sites for hydroxylation is 2. The molecule has 1 atom stereocenters. The molecule has 0 spiro atoms. The Hall–Kier alpha value is -1.36. The number of fused-ring (bicyclic) bond motifs is 1. The standard InChI is InChI=1S/C19H27NO3S/c1-14(24(2,22)23)19(21)20(18-8-3-4-9-18)13-15-10-11-16-6-5-7-17(16)12-15/h10-12,14,18H,3-9,13H2,1-2H3/t14-/m1/s1. The maximum Gasteiger partial charge on any atom is 0.241 e. The van der Waals surface area contributed by atoms with E-state index >= 15 is 0 Å². The van der Waals surface area contributed by atoms with E-state index in [4.69, 9.17) is 0 Å². The molecule has 4 nitrogen and oxygen atoms in total. The van der Waals surface area contributed by atoms with Crippen LogP contribution >= 0.6 is 0 Å². The first-order valence-electron chi connectivity index (χ1n) is 8.96. The molecule has 1 aromatic rings. The molecule has 5 heteroatoms. The molecule has 0 N–H and O–H groups in total. The summed E-state index contributed by atoms with van der Waals surface area (Å²) in [4.78, 5) is 14.7. The van der Waals surface area contributed by atoms with Gasteiger partial charge in [0.25, 0.3) is 0 Å². The molecule has 3 rings (SSSR count). The SMILES string of the molecule is C[C@H](C(=O)N(Cc1ccc2c(c1)CCC2)C1CCCC1)S(C)(=O)=O. The van der Waals surface area contributed by atoms with E-state index in [1.165, 1.54) is 24.5 Å². The number of amides is 1. The minimum absolute atomic E-state index is 0.176. The van der Waals surface area contributed by atoms with E-state index in [1.807, 2.05) is 4.90 Å². The second-order valence-corrected chi connectivity index (χ2v) is 9.70. The normalized spacial score (nSPS) is 19.2. The molecule has 0 heterocycles. The van der Waals surface area contributed by atoms with Crippen LogP contribution in [-0.4, -0.2) is 36.8 Å². The quantitative estimate of drug-likeness (QED) is 0.821. The van der Waals surface area contributed by atoms with Crippen molar-refractivity contribution >= 4 is 15.7 Å². The lowest BCUT2D eigenvalue weighted by atomic mass is 10.0. The minimum atomic E-state index is -3.37. The lowest BCUT2D eigenvalue weighted by Gasteiger charge is -2.31. The molecule has 1 amide bonds. The van der Waals surface area contributed by atoms with Gasteiger partial charge in [0.15, 0.2) is 9.84 Å². The van der Waals surface area contributed by atoms with E-state index in [1.54, 1.807) is 0 Å². The summed E-state index contributed by atoms with van der Waals surface area (Å²) in [5, 5.41) is -0.965. The van der Waals surface area contributed by atoms with Crippen LogP contribution in [0.1, 0.15) is 55.7 Å². The minimum Gasteiger partial charge on any atom is -0.334 e. The third kappa shape index (κ3) is 3.66. The van der Waals surface area contributed by atoms with Crippen LogP contribution in [0.5, 0.6) is 0 Å². The first-order valence-corrected chi connectivity index (χ1v) is 10.9. The molecule has 1 saturated carbocycles. The monoisotopic (exact) mass is 349 g/mol. The Morgan fingerprint density at radius 1 is 1.17 bits per heavy atom. The number of carbonyl (C=O) groups is 1. The van der Waals surface area contributed by atoms with Crippen LogP contribution in [-0.2, 0) is 34.0 Å². The molecule has 0 saturated heterocycles. The number of nitrogens with zero attached hydrogens (tertiary/aromatic N) is 1. The molecule has 0 unspecified atom stereocenters. The molecule has 2 aliphatic rings. The van der Waals surface area contributed by atoms with Gasteiger partial charge in [-0.15, -0.1) is 0 Å². The molecule has 1 fully saturated rings. The van der Waals surface area contributed by atoms with Gasteiger partial charge in [-0.1, -0.05) is 31.0 Å². The molecular formula is C19H27NO3S. The number of benzene rings is 1. The van der Waals surface area contributed by atoms with Crippen molar-refractivity contribution in [2.45, 2.75) is 69.7 Å². The van der Waals surface area contributed by atoms with E-state index in [9.17, 15) is 13.2 Å². The zero-order chi connectivity index (χ0) is 17.3. The van der Waals surface area contributed by atoms with Gasteiger partial charge in [0.2, 0.25) is 5.91 Å². The molecule has 0 aromatic heterocycles. The van der Waals surface area contributed by atoms with E-state index in [-0.39, 0.29) is 11.9 Å². The fourth-order valence-electron chi connectivity index (χ4n) is 3.94. The summed E-state index contributed by atoms with van der Waals surface area (Å²) in [6.45, 7) is 2.04. The average molecular weight is 349 g/mol. The lowest BCUT2D eigenvalue weighted by molar-refractivity contribution is -0.133. The maximum atomic E-state index is 12.9. The highest BCUT2D eigenvalue weighted by atomic mass is 32.2. The van der Waals surface area contributed by atoms with Crippen molar-refractivity contribution in [3.05, 3.63) is 34.9 Å². The highest BCUT2D eigenvalue weighted by Crippen LogP contribution is 2.28. The van der Waals surface area contributed by atoms with Gasteiger partial charge in [0, 0.05) is 18.8 Å². The Morgan fingerprint density at radius 3 is 2.50 bits per heavy atom. The zero-order valence-corrected chi connectivity index (χ0v) is 15.4. The van der Waals surface area contributed by atoms with Crippen molar-refractivity contribution in [2.24, 2.45) is 0 Å². The van der Waals surface area contributed by atoms with Gasteiger partial charge >= 0.3 is 0 Å². The summed E-state index contributed by atoms with van der Waals surface area (Å²) < 4.78 is 23.7. The van der Waals surface area contributed by atoms with Crippen molar-refractivity contribution in [3.8, 4) is 0 Å². The first kappa shape index (κ1) is 17.5. The fourth-order valence-corrected chi connectivity index (χ4v) is 4.44. The number of hydrogen-bond acceptors (Lipinski definition) is 3. The third-order valence-electron chi connectivity index (χ3n) is 5.55. The van der Waals surface area contributed by atoms with E-state index in [0.29, 0.717) is 6.54 Å². The Bertz CT molecular complexity index is 720. The molecule has 1 aromatic carbocycles. The summed E-state index contributed by atoms with van der Waals surface area (Å²) >= 11 is 0. The summed E-state index contributed by atoms with van der Waals surface area (Å²) in [7, 11) is -3.37.